The van der Waals surface area contributed by atoms with E-state index in [9.17, 15) is 9.59 Å². The van der Waals surface area contributed by atoms with Crippen LogP contribution in [-0.4, -0.2) is 18.4 Å². The van der Waals surface area contributed by atoms with Gasteiger partial charge in [-0.15, -0.1) is 0 Å². The number of Topliss-reactive ketones (excluding diaryl/α,β-unsaturated/α-hetero) is 1. The molecule has 0 aliphatic heterocycles. The average Bonchev–Trinajstić information content (AvgIpc) is 2.28. The maximum absolute atomic E-state index is 11.6. The summed E-state index contributed by atoms with van der Waals surface area (Å²) in [5.74, 6) is -0.00606. The summed E-state index contributed by atoms with van der Waals surface area (Å²) in [6.45, 7) is 5.50. The van der Waals surface area contributed by atoms with Gasteiger partial charge in [-0.05, 0) is 24.3 Å². The zero-order valence-corrected chi connectivity index (χ0v) is 12.3. The largest absolute Gasteiger partial charge is 0.331 e. The molecule has 18 heavy (non-hydrogen) atoms. The molecule has 1 aromatic carbocycles. The Labute approximate surface area is 115 Å². The van der Waals surface area contributed by atoms with Crippen molar-refractivity contribution in [3.63, 3.8) is 0 Å². The van der Waals surface area contributed by atoms with Crippen LogP contribution in [0, 0.1) is 5.41 Å². The van der Waals surface area contributed by atoms with Gasteiger partial charge in [0.05, 0.1) is 6.54 Å². The van der Waals surface area contributed by atoms with Gasteiger partial charge in [-0.3, -0.25) is 4.79 Å². The van der Waals surface area contributed by atoms with Crippen molar-refractivity contribution >= 4 is 33.4 Å². The minimum Gasteiger partial charge on any atom is -0.331 e. The van der Waals surface area contributed by atoms with Crippen molar-refractivity contribution < 1.29 is 9.59 Å². The predicted octanol–water partition coefficient (Wildman–Crippen LogP) is 3.19. The van der Waals surface area contributed by atoms with E-state index < -0.39 is 5.41 Å². The molecule has 98 valence electrons. The van der Waals surface area contributed by atoms with Crippen molar-refractivity contribution in [1.82, 2.24) is 5.32 Å². The lowest BCUT2D eigenvalue weighted by Crippen LogP contribution is -2.37. The third kappa shape index (κ3) is 4.87. The van der Waals surface area contributed by atoms with Gasteiger partial charge >= 0.3 is 6.03 Å². The van der Waals surface area contributed by atoms with Gasteiger partial charge in [0, 0.05) is 15.6 Å². The highest BCUT2D eigenvalue weighted by Crippen LogP contribution is 2.15. The van der Waals surface area contributed by atoms with Crippen LogP contribution in [0.1, 0.15) is 20.8 Å². The number of benzene rings is 1. The van der Waals surface area contributed by atoms with Crippen LogP contribution in [0.5, 0.6) is 0 Å². The smallest absolute Gasteiger partial charge is 0.319 e. The van der Waals surface area contributed by atoms with Crippen LogP contribution < -0.4 is 10.6 Å². The van der Waals surface area contributed by atoms with Gasteiger partial charge < -0.3 is 10.6 Å². The molecule has 0 aliphatic carbocycles. The van der Waals surface area contributed by atoms with Gasteiger partial charge in [0.1, 0.15) is 0 Å². The Kier molecular flexibility index (Phi) is 4.90. The number of rotatable bonds is 3. The first-order chi connectivity index (χ1) is 8.29. The molecule has 1 rings (SSSR count). The summed E-state index contributed by atoms with van der Waals surface area (Å²) in [7, 11) is 0. The fourth-order valence-electron chi connectivity index (χ4n) is 1.13. The number of carbonyl (C=O) groups is 2. The van der Waals surface area contributed by atoms with Crippen LogP contribution in [-0.2, 0) is 4.79 Å². The molecule has 0 atom stereocenters. The molecule has 0 unspecified atom stereocenters. The molecule has 0 bridgehead atoms. The molecule has 2 amide bonds. The van der Waals surface area contributed by atoms with E-state index >= 15 is 0 Å². The Hall–Kier alpha value is -1.36. The second kappa shape index (κ2) is 6.00. The minimum absolute atomic E-state index is 0.00606. The zero-order chi connectivity index (χ0) is 13.8. The third-order valence-corrected chi connectivity index (χ3v) is 2.88. The van der Waals surface area contributed by atoms with Gasteiger partial charge in [-0.25, -0.2) is 4.79 Å². The minimum atomic E-state index is -0.440. The molecule has 0 aliphatic rings. The number of urea groups is 1. The van der Waals surface area contributed by atoms with Crippen molar-refractivity contribution in [3.05, 3.63) is 28.7 Å². The molecule has 1 aromatic rings. The third-order valence-electron chi connectivity index (χ3n) is 2.35. The number of amides is 2. The molecule has 0 fully saturated rings. The lowest BCUT2D eigenvalue weighted by molar-refractivity contribution is -0.125. The number of carbonyl (C=O) groups excluding carboxylic acids is 2. The number of hydrogen-bond donors (Lipinski definition) is 2. The molecule has 0 spiro atoms. The summed E-state index contributed by atoms with van der Waals surface area (Å²) in [4.78, 5) is 23.2. The van der Waals surface area contributed by atoms with E-state index in [1.807, 2.05) is 32.9 Å². The maximum Gasteiger partial charge on any atom is 0.319 e. The molecule has 0 heterocycles. The Morgan fingerprint density at radius 2 is 1.72 bits per heavy atom. The van der Waals surface area contributed by atoms with E-state index in [0.717, 1.165) is 4.47 Å². The number of nitrogens with one attached hydrogen (secondary N) is 2. The monoisotopic (exact) mass is 312 g/mol. The lowest BCUT2D eigenvalue weighted by Gasteiger charge is -2.16. The van der Waals surface area contributed by atoms with Gasteiger partial charge in [-0.2, -0.15) is 0 Å². The second-order valence-corrected chi connectivity index (χ2v) is 5.90. The Bertz CT molecular complexity index is 435. The zero-order valence-electron chi connectivity index (χ0n) is 10.7. The van der Waals surface area contributed by atoms with E-state index in [2.05, 4.69) is 26.6 Å². The van der Waals surface area contributed by atoms with Crippen molar-refractivity contribution in [2.24, 2.45) is 5.41 Å². The molecular formula is C13H17BrN2O2. The van der Waals surface area contributed by atoms with Crippen LogP contribution >= 0.6 is 15.9 Å². The second-order valence-electron chi connectivity index (χ2n) is 4.99. The Morgan fingerprint density at radius 1 is 1.17 bits per heavy atom. The van der Waals surface area contributed by atoms with Crippen LogP contribution in [0.25, 0.3) is 0 Å². The Balaban J connectivity index is 2.43. The van der Waals surface area contributed by atoms with Gasteiger partial charge in [0.15, 0.2) is 5.78 Å². The summed E-state index contributed by atoms with van der Waals surface area (Å²) < 4.78 is 0.941. The van der Waals surface area contributed by atoms with E-state index in [4.69, 9.17) is 0 Å². The lowest BCUT2D eigenvalue weighted by atomic mass is 9.91. The van der Waals surface area contributed by atoms with Crippen LogP contribution in [0.4, 0.5) is 10.5 Å². The first kappa shape index (κ1) is 14.7. The van der Waals surface area contributed by atoms with Crippen LogP contribution in [0.3, 0.4) is 0 Å². The highest BCUT2D eigenvalue weighted by molar-refractivity contribution is 9.10. The predicted molar refractivity (Wildman–Crippen MR) is 75.6 cm³/mol. The fourth-order valence-corrected chi connectivity index (χ4v) is 1.40. The van der Waals surface area contributed by atoms with Gasteiger partial charge in [0.2, 0.25) is 0 Å². The molecule has 0 saturated heterocycles. The summed E-state index contributed by atoms with van der Waals surface area (Å²) >= 11 is 3.31. The van der Waals surface area contributed by atoms with Gasteiger partial charge in [0.25, 0.3) is 0 Å². The number of hydrogen-bond acceptors (Lipinski definition) is 2. The molecule has 5 heteroatoms. The van der Waals surface area contributed by atoms with Gasteiger partial charge in [-0.1, -0.05) is 36.7 Å². The first-order valence-electron chi connectivity index (χ1n) is 5.63. The maximum atomic E-state index is 11.6. The summed E-state index contributed by atoms with van der Waals surface area (Å²) in [5.41, 5.74) is 0.240. The van der Waals surface area contributed by atoms with E-state index in [-0.39, 0.29) is 18.4 Å². The fraction of sp³-hybridized carbons (Fsp3) is 0.385. The summed E-state index contributed by atoms with van der Waals surface area (Å²) in [5, 5.41) is 5.19. The first-order valence-corrected chi connectivity index (χ1v) is 6.42. The molecule has 0 radical (unpaired) electrons. The summed E-state index contributed by atoms with van der Waals surface area (Å²) in [6, 6.07) is 6.82. The van der Waals surface area contributed by atoms with E-state index in [1.165, 1.54) is 0 Å². The van der Waals surface area contributed by atoms with E-state index in [1.54, 1.807) is 12.1 Å². The normalized spacial score (nSPS) is 10.9. The average molecular weight is 313 g/mol. The standard InChI is InChI=1S/C13H17BrN2O2/c1-13(2,3)11(17)8-15-12(18)16-10-6-4-9(14)5-7-10/h4-7H,8H2,1-3H3,(H2,15,16,18). The topological polar surface area (TPSA) is 58.2 Å². The van der Waals surface area contributed by atoms with Crippen molar-refractivity contribution in [2.75, 3.05) is 11.9 Å². The molecule has 4 nitrogen and oxygen atoms in total. The Morgan fingerprint density at radius 3 is 2.22 bits per heavy atom. The SMILES string of the molecule is CC(C)(C)C(=O)CNC(=O)Nc1ccc(Br)cc1. The van der Waals surface area contributed by atoms with Crippen molar-refractivity contribution in [3.8, 4) is 0 Å². The highest BCUT2D eigenvalue weighted by Gasteiger charge is 2.21. The van der Waals surface area contributed by atoms with Crippen molar-refractivity contribution in [2.45, 2.75) is 20.8 Å². The summed E-state index contributed by atoms with van der Waals surface area (Å²) in [6.07, 6.45) is 0. The quantitative estimate of drug-likeness (QED) is 0.900. The molecular weight excluding hydrogens is 296 g/mol. The van der Waals surface area contributed by atoms with Crippen LogP contribution in [0.15, 0.2) is 28.7 Å². The van der Waals surface area contributed by atoms with Crippen LogP contribution in [0.2, 0.25) is 0 Å². The molecule has 0 saturated carbocycles. The number of halogens is 1. The number of anilines is 1. The highest BCUT2D eigenvalue weighted by atomic mass is 79.9. The number of ketones is 1. The van der Waals surface area contributed by atoms with Crippen molar-refractivity contribution in [1.29, 1.82) is 0 Å². The van der Waals surface area contributed by atoms with E-state index in [0.29, 0.717) is 5.69 Å². The molecule has 2 N–H and O–H groups in total. The molecule has 0 aromatic heterocycles.